The number of furan rings is 1. The Morgan fingerprint density at radius 2 is 1.92 bits per heavy atom. The Hall–Kier alpha value is -1.86. The van der Waals surface area contributed by atoms with Crippen molar-refractivity contribution in [3.8, 4) is 0 Å². The van der Waals surface area contributed by atoms with Crippen LogP contribution in [0.4, 0.5) is 0 Å². The molecule has 1 aromatic carbocycles. The zero-order valence-corrected chi connectivity index (χ0v) is 14.8. The molecule has 1 aromatic heterocycles. The van der Waals surface area contributed by atoms with Crippen LogP contribution < -0.4 is 4.72 Å². The van der Waals surface area contributed by atoms with E-state index in [2.05, 4.69) is 4.72 Å². The fourth-order valence-corrected chi connectivity index (χ4v) is 5.13. The summed E-state index contributed by atoms with van der Waals surface area (Å²) >= 11 is 0. The van der Waals surface area contributed by atoms with Crippen molar-refractivity contribution in [1.82, 2.24) is 9.62 Å². The first-order valence-corrected chi connectivity index (χ1v) is 10.3. The fraction of sp³-hybridized carbons (Fsp3) is 0.500. The maximum absolute atomic E-state index is 12.6. The average Bonchev–Trinajstić information content (AvgIpc) is 3.33. The normalized spacial score (nSPS) is 24.2. The third kappa shape index (κ3) is 3.30. The highest BCUT2D eigenvalue weighted by Crippen LogP contribution is 2.30. The van der Waals surface area contributed by atoms with E-state index in [1.54, 1.807) is 18.2 Å². The Morgan fingerprint density at radius 1 is 1.16 bits per heavy atom. The average molecular weight is 362 g/mol. The summed E-state index contributed by atoms with van der Waals surface area (Å²) in [5.74, 6) is 0.115. The molecule has 2 atom stereocenters. The quantitative estimate of drug-likeness (QED) is 0.906. The lowest BCUT2D eigenvalue weighted by Gasteiger charge is -2.20. The molecule has 0 spiro atoms. The van der Waals surface area contributed by atoms with E-state index in [0.29, 0.717) is 18.4 Å². The molecule has 1 N–H and O–H groups in total. The van der Waals surface area contributed by atoms with Crippen LogP contribution in [0.1, 0.15) is 32.1 Å². The van der Waals surface area contributed by atoms with E-state index in [4.69, 9.17) is 4.42 Å². The minimum Gasteiger partial charge on any atom is -0.443 e. The van der Waals surface area contributed by atoms with Crippen LogP contribution in [0.5, 0.6) is 0 Å². The number of fused-ring (bicyclic) bond motifs is 1. The largest absolute Gasteiger partial charge is 0.443 e. The van der Waals surface area contributed by atoms with Gasteiger partial charge in [0.05, 0.1) is 0 Å². The lowest BCUT2D eigenvalue weighted by molar-refractivity contribution is -0.134. The van der Waals surface area contributed by atoms with E-state index in [1.807, 2.05) is 17.0 Å². The minimum absolute atomic E-state index is 0.0666. The molecule has 2 aliphatic rings. The monoisotopic (exact) mass is 362 g/mol. The number of likely N-dealkylation sites (tertiary alicyclic amines) is 1. The fourth-order valence-electron chi connectivity index (χ4n) is 3.88. The van der Waals surface area contributed by atoms with Crippen LogP contribution >= 0.6 is 0 Å². The number of carbonyl (C=O) groups excluding carboxylic acids is 1. The van der Waals surface area contributed by atoms with Crippen molar-refractivity contribution >= 4 is 26.9 Å². The summed E-state index contributed by atoms with van der Waals surface area (Å²) in [7, 11) is -3.72. The summed E-state index contributed by atoms with van der Waals surface area (Å²) in [6, 6.07) is 8.54. The van der Waals surface area contributed by atoms with Gasteiger partial charge < -0.3 is 9.32 Å². The van der Waals surface area contributed by atoms with E-state index in [0.717, 1.165) is 37.7 Å². The lowest BCUT2D eigenvalue weighted by atomic mass is 10.1. The number of benzene rings is 1. The summed E-state index contributed by atoms with van der Waals surface area (Å²) < 4.78 is 33.4. The molecular weight excluding hydrogens is 340 g/mol. The maximum atomic E-state index is 12.6. The van der Waals surface area contributed by atoms with Gasteiger partial charge in [-0.15, -0.1) is 0 Å². The van der Waals surface area contributed by atoms with E-state index in [-0.39, 0.29) is 23.0 Å². The van der Waals surface area contributed by atoms with Crippen molar-refractivity contribution < 1.29 is 17.6 Å². The van der Waals surface area contributed by atoms with E-state index in [9.17, 15) is 13.2 Å². The predicted octanol–water partition coefficient (Wildman–Crippen LogP) is 2.50. The van der Waals surface area contributed by atoms with Gasteiger partial charge in [0.2, 0.25) is 11.0 Å². The van der Waals surface area contributed by atoms with Crippen molar-refractivity contribution in [3.63, 3.8) is 0 Å². The number of rotatable bonds is 4. The van der Waals surface area contributed by atoms with E-state index in [1.165, 1.54) is 0 Å². The smallest absolute Gasteiger partial charge is 0.274 e. The van der Waals surface area contributed by atoms with E-state index < -0.39 is 10.0 Å². The first-order chi connectivity index (χ1) is 12.0. The van der Waals surface area contributed by atoms with Gasteiger partial charge in [0.15, 0.2) is 0 Å². The van der Waals surface area contributed by atoms with Crippen LogP contribution in [0.2, 0.25) is 0 Å². The van der Waals surface area contributed by atoms with Gasteiger partial charge in [-0.25, -0.2) is 13.1 Å². The van der Waals surface area contributed by atoms with Crippen LogP contribution in [-0.4, -0.2) is 38.4 Å². The van der Waals surface area contributed by atoms with Gasteiger partial charge in [0, 0.05) is 36.5 Å². The minimum atomic E-state index is -3.72. The second-order valence-electron chi connectivity index (χ2n) is 6.96. The molecule has 0 unspecified atom stereocenters. The molecule has 2 heterocycles. The summed E-state index contributed by atoms with van der Waals surface area (Å²) in [6.45, 7) is 1.68. The molecule has 1 saturated carbocycles. The van der Waals surface area contributed by atoms with Crippen LogP contribution in [0.15, 0.2) is 39.8 Å². The molecule has 7 heteroatoms. The standard InChI is InChI=1S/C18H22N2O4S/c21-18(20-9-3-4-10-20)14-7-8-15(11-14)19-25(22,23)17-12-13-5-1-2-6-16(13)24-17/h1-2,5-6,12,14-15,19H,3-4,7-11H2/t14-,15+/m0/s1. The first-order valence-electron chi connectivity index (χ1n) is 8.83. The third-order valence-corrected chi connectivity index (χ3v) is 6.56. The molecule has 2 aromatic rings. The molecule has 134 valence electrons. The van der Waals surface area contributed by atoms with Gasteiger partial charge in [-0.3, -0.25) is 4.79 Å². The Morgan fingerprint density at radius 3 is 2.68 bits per heavy atom. The number of nitrogens with zero attached hydrogens (tertiary/aromatic N) is 1. The van der Waals surface area contributed by atoms with Gasteiger partial charge in [0.1, 0.15) is 5.58 Å². The highest BCUT2D eigenvalue weighted by molar-refractivity contribution is 7.89. The molecule has 0 radical (unpaired) electrons. The Kier molecular flexibility index (Phi) is 4.29. The van der Waals surface area contributed by atoms with Crippen LogP contribution in [-0.2, 0) is 14.8 Å². The number of amides is 1. The SMILES string of the molecule is O=C([C@H]1CC[C@@H](NS(=O)(=O)c2cc3ccccc3o2)C1)N1CCCC1. The van der Waals surface area contributed by atoms with Crippen LogP contribution in [0.25, 0.3) is 11.0 Å². The van der Waals surface area contributed by atoms with Crippen LogP contribution in [0, 0.1) is 5.92 Å². The van der Waals surface area contributed by atoms with Crippen molar-refractivity contribution in [1.29, 1.82) is 0 Å². The molecule has 6 nitrogen and oxygen atoms in total. The second-order valence-corrected chi connectivity index (χ2v) is 8.61. The van der Waals surface area contributed by atoms with Gasteiger partial charge in [-0.05, 0) is 38.2 Å². The van der Waals surface area contributed by atoms with Gasteiger partial charge >= 0.3 is 0 Å². The van der Waals surface area contributed by atoms with Crippen molar-refractivity contribution in [2.45, 2.75) is 43.2 Å². The highest BCUT2D eigenvalue weighted by Gasteiger charge is 2.36. The Balaban J connectivity index is 1.43. The van der Waals surface area contributed by atoms with Gasteiger partial charge in [-0.2, -0.15) is 0 Å². The van der Waals surface area contributed by atoms with Crippen molar-refractivity contribution in [2.24, 2.45) is 5.92 Å². The van der Waals surface area contributed by atoms with Gasteiger partial charge in [-0.1, -0.05) is 18.2 Å². The number of hydrogen-bond donors (Lipinski definition) is 1. The first kappa shape index (κ1) is 16.6. The summed E-state index contributed by atoms with van der Waals surface area (Å²) in [4.78, 5) is 14.4. The molecule has 1 aliphatic carbocycles. The molecular formula is C18H22N2O4S. The van der Waals surface area contributed by atoms with Crippen molar-refractivity contribution in [2.75, 3.05) is 13.1 Å². The van der Waals surface area contributed by atoms with Gasteiger partial charge in [0.25, 0.3) is 10.0 Å². The van der Waals surface area contributed by atoms with Crippen LogP contribution in [0.3, 0.4) is 0 Å². The zero-order valence-electron chi connectivity index (χ0n) is 14.0. The third-order valence-electron chi connectivity index (χ3n) is 5.19. The topological polar surface area (TPSA) is 79.6 Å². The summed E-state index contributed by atoms with van der Waals surface area (Å²) in [5, 5.41) is 0.694. The Bertz CT molecular complexity index is 850. The Labute approximate surface area is 147 Å². The molecule has 25 heavy (non-hydrogen) atoms. The summed E-state index contributed by atoms with van der Waals surface area (Å²) in [6.07, 6.45) is 4.13. The number of hydrogen-bond acceptors (Lipinski definition) is 4. The molecule has 0 bridgehead atoms. The predicted molar refractivity (Wildman–Crippen MR) is 93.5 cm³/mol. The van der Waals surface area contributed by atoms with Crippen molar-refractivity contribution in [3.05, 3.63) is 30.3 Å². The molecule has 2 fully saturated rings. The van der Waals surface area contributed by atoms with E-state index >= 15 is 0 Å². The summed E-state index contributed by atoms with van der Waals surface area (Å²) in [5.41, 5.74) is 0.552. The number of para-hydroxylation sites is 1. The number of nitrogens with one attached hydrogen (secondary N) is 1. The molecule has 1 aliphatic heterocycles. The second kappa shape index (κ2) is 6.46. The molecule has 1 amide bonds. The number of carbonyl (C=O) groups is 1. The number of sulfonamides is 1. The molecule has 4 rings (SSSR count). The lowest BCUT2D eigenvalue weighted by Crippen LogP contribution is -2.35. The maximum Gasteiger partial charge on any atom is 0.274 e. The highest BCUT2D eigenvalue weighted by atomic mass is 32.2. The molecule has 1 saturated heterocycles. The zero-order chi connectivity index (χ0) is 17.4.